The van der Waals surface area contributed by atoms with Crippen LogP contribution in [-0.4, -0.2) is 4.57 Å². The predicted octanol–water partition coefficient (Wildman–Crippen LogP) is 15.0. The molecule has 262 valence electrons. The number of hydrogen-bond donors (Lipinski definition) is 0. The molecule has 10 aromatic carbocycles. The molecule has 0 aliphatic heterocycles. The Kier molecular flexibility index (Phi) is 7.53. The van der Waals surface area contributed by atoms with Crippen molar-refractivity contribution >= 4 is 71.2 Å². The lowest BCUT2D eigenvalue weighted by Gasteiger charge is -2.27. The smallest absolute Gasteiger partial charge is 0.0547 e. The first-order chi connectivity index (χ1) is 27.8. The van der Waals surface area contributed by atoms with Crippen LogP contribution in [0.1, 0.15) is 0 Å². The van der Waals surface area contributed by atoms with E-state index in [1.54, 1.807) is 0 Å². The van der Waals surface area contributed by atoms with E-state index in [9.17, 15) is 0 Å². The number of benzene rings is 10. The fourth-order valence-corrected chi connectivity index (χ4v) is 8.77. The van der Waals surface area contributed by atoms with Crippen LogP contribution in [0.25, 0.3) is 82.1 Å². The van der Waals surface area contributed by atoms with Crippen LogP contribution in [0.3, 0.4) is 0 Å². The molecule has 56 heavy (non-hydrogen) atoms. The average molecular weight is 713 g/mol. The molecule has 2 heteroatoms. The monoisotopic (exact) mass is 712 g/mol. The second-order valence-corrected chi connectivity index (χ2v) is 14.5. The SMILES string of the molecule is c1ccc(-n2c3cccc(-c4cccc(N(c5ccc(-c6cccc7ccccc67)cc5)c5ccc6ccccc6c5)c4)c3c3c4ccccc4ccc32)cc1. The molecule has 0 atom stereocenters. The number of para-hydroxylation sites is 1. The van der Waals surface area contributed by atoms with Gasteiger partial charge >= 0.3 is 0 Å². The van der Waals surface area contributed by atoms with Crippen molar-refractivity contribution in [3.63, 3.8) is 0 Å². The van der Waals surface area contributed by atoms with Crippen molar-refractivity contribution < 1.29 is 0 Å². The highest BCUT2D eigenvalue weighted by Crippen LogP contribution is 2.44. The van der Waals surface area contributed by atoms with Crippen LogP contribution in [0, 0.1) is 0 Å². The van der Waals surface area contributed by atoms with Crippen molar-refractivity contribution in [1.82, 2.24) is 4.57 Å². The summed E-state index contributed by atoms with van der Waals surface area (Å²) in [7, 11) is 0. The Bertz CT molecular complexity index is 3240. The van der Waals surface area contributed by atoms with Crippen LogP contribution in [0.15, 0.2) is 218 Å². The number of rotatable bonds is 6. The Morgan fingerprint density at radius 3 is 1.73 bits per heavy atom. The van der Waals surface area contributed by atoms with E-state index >= 15 is 0 Å². The molecule has 0 unspecified atom stereocenters. The second kappa shape index (κ2) is 13.2. The highest BCUT2D eigenvalue weighted by molar-refractivity contribution is 6.25. The first-order valence-electron chi connectivity index (χ1n) is 19.3. The normalized spacial score (nSPS) is 11.6. The Morgan fingerprint density at radius 1 is 0.304 bits per heavy atom. The fourth-order valence-electron chi connectivity index (χ4n) is 8.77. The summed E-state index contributed by atoms with van der Waals surface area (Å²) in [5, 5.41) is 9.99. The summed E-state index contributed by atoms with van der Waals surface area (Å²) < 4.78 is 2.42. The molecule has 11 rings (SSSR count). The zero-order valence-corrected chi connectivity index (χ0v) is 30.7. The molecule has 2 nitrogen and oxygen atoms in total. The van der Waals surface area contributed by atoms with Gasteiger partial charge in [0.1, 0.15) is 0 Å². The first-order valence-corrected chi connectivity index (χ1v) is 19.3. The maximum Gasteiger partial charge on any atom is 0.0547 e. The molecule has 0 aliphatic carbocycles. The van der Waals surface area contributed by atoms with Gasteiger partial charge in [-0.2, -0.15) is 0 Å². The molecule has 0 spiro atoms. The van der Waals surface area contributed by atoms with E-state index in [0.717, 1.165) is 22.7 Å². The van der Waals surface area contributed by atoms with Crippen LogP contribution in [0.5, 0.6) is 0 Å². The molecule has 0 aliphatic rings. The van der Waals surface area contributed by atoms with Crippen molar-refractivity contribution in [3.8, 4) is 27.9 Å². The highest BCUT2D eigenvalue weighted by atomic mass is 15.1. The van der Waals surface area contributed by atoms with Crippen molar-refractivity contribution in [2.24, 2.45) is 0 Å². The van der Waals surface area contributed by atoms with Gasteiger partial charge in [0.15, 0.2) is 0 Å². The van der Waals surface area contributed by atoms with Gasteiger partial charge in [0.2, 0.25) is 0 Å². The van der Waals surface area contributed by atoms with Gasteiger partial charge in [0, 0.05) is 33.5 Å². The van der Waals surface area contributed by atoms with Crippen molar-refractivity contribution in [3.05, 3.63) is 218 Å². The topological polar surface area (TPSA) is 8.17 Å². The molecule has 11 aromatic rings. The third-order valence-corrected chi connectivity index (χ3v) is 11.3. The molecule has 0 radical (unpaired) electrons. The molecular weight excluding hydrogens is 677 g/mol. The molecular formula is C54H36N2. The van der Waals surface area contributed by atoms with Crippen LogP contribution < -0.4 is 4.90 Å². The Morgan fingerprint density at radius 2 is 0.893 bits per heavy atom. The Hall–Kier alpha value is -7.42. The van der Waals surface area contributed by atoms with E-state index < -0.39 is 0 Å². The average Bonchev–Trinajstić information content (AvgIpc) is 3.62. The molecule has 0 fully saturated rings. The summed E-state index contributed by atoms with van der Waals surface area (Å²) in [6, 6.07) is 79.5. The lowest BCUT2D eigenvalue weighted by atomic mass is 9.96. The van der Waals surface area contributed by atoms with Crippen LogP contribution >= 0.6 is 0 Å². The standard InChI is InChI=1S/C54H36N2/c1-2-19-43(20-3-1)56-51-26-12-25-50(54(51)53-49-23-9-7-15-39(49)30-34-52(53)56)42-18-10-21-45(36-42)55(46-33-27-37-13-4-5-16-41(37)35-46)44-31-28-40(29-32-44)48-24-11-17-38-14-6-8-22-47(38)48/h1-36H. The maximum absolute atomic E-state index is 2.42. The molecule has 1 aromatic heterocycles. The summed E-state index contributed by atoms with van der Waals surface area (Å²) in [6.07, 6.45) is 0. The minimum absolute atomic E-state index is 1.10. The Balaban J connectivity index is 1.11. The van der Waals surface area contributed by atoms with Gasteiger partial charge in [0.05, 0.1) is 11.0 Å². The van der Waals surface area contributed by atoms with Gasteiger partial charge in [-0.3, -0.25) is 0 Å². The number of nitrogens with zero attached hydrogens (tertiary/aromatic N) is 2. The minimum Gasteiger partial charge on any atom is -0.310 e. The minimum atomic E-state index is 1.10. The third kappa shape index (κ3) is 5.26. The molecule has 0 saturated carbocycles. The van der Waals surface area contributed by atoms with Crippen molar-refractivity contribution in [1.29, 1.82) is 0 Å². The quantitative estimate of drug-likeness (QED) is 0.167. The lowest BCUT2D eigenvalue weighted by molar-refractivity contribution is 1.18. The van der Waals surface area contributed by atoms with Crippen molar-refractivity contribution in [2.45, 2.75) is 0 Å². The molecule has 0 saturated heterocycles. The summed E-state index contributed by atoms with van der Waals surface area (Å²) >= 11 is 0. The van der Waals surface area contributed by atoms with Crippen LogP contribution in [-0.2, 0) is 0 Å². The van der Waals surface area contributed by atoms with Crippen LogP contribution in [0.4, 0.5) is 17.1 Å². The summed E-state index contributed by atoms with van der Waals surface area (Å²) in [5.74, 6) is 0. The first kappa shape index (κ1) is 32.0. The zero-order chi connectivity index (χ0) is 37.0. The van der Waals surface area contributed by atoms with Crippen molar-refractivity contribution in [2.75, 3.05) is 4.90 Å². The van der Waals surface area contributed by atoms with E-state index in [2.05, 4.69) is 228 Å². The van der Waals surface area contributed by atoms with Gasteiger partial charge in [-0.05, 0) is 115 Å². The van der Waals surface area contributed by atoms with E-state index in [1.165, 1.54) is 76.4 Å². The van der Waals surface area contributed by atoms with E-state index in [-0.39, 0.29) is 0 Å². The summed E-state index contributed by atoms with van der Waals surface area (Å²) in [4.78, 5) is 2.39. The predicted molar refractivity (Wildman–Crippen MR) is 239 cm³/mol. The van der Waals surface area contributed by atoms with Gasteiger partial charge in [0.25, 0.3) is 0 Å². The zero-order valence-electron chi connectivity index (χ0n) is 30.7. The van der Waals surface area contributed by atoms with E-state index in [4.69, 9.17) is 0 Å². The summed E-state index contributed by atoms with van der Waals surface area (Å²) in [6.45, 7) is 0. The number of hydrogen-bond acceptors (Lipinski definition) is 1. The van der Waals surface area contributed by atoms with Crippen LogP contribution in [0.2, 0.25) is 0 Å². The second-order valence-electron chi connectivity index (χ2n) is 14.5. The maximum atomic E-state index is 2.42. The lowest BCUT2D eigenvalue weighted by Crippen LogP contribution is -2.10. The van der Waals surface area contributed by atoms with Gasteiger partial charge in [-0.1, -0.05) is 158 Å². The number of fused-ring (bicyclic) bond motifs is 7. The van der Waals surface area contributed by atoms with E-state index in [0.29, 0.717) is 0 Å². The molecule has 0 bridgehead atoms. The summed E-state index contributed by atoms with van der Waals surface area (Å²) in [5.41, 5.74) is 11.7. The number of aromatic nitrogens is 1. The van der Waals surface area contributed by atoms with Gasteiger partial charge in [-0.15, -0.1) is 0 Å². The molecule has 0 amide bonds. The fraction of sp³-hybridized carbons (Fsp3) is 0. The largest absolute Gasteiger partial charge is 0.310 e. The van der Waals surface area contributed by atoms with Gasteiger partial charge < -0.3 is 9.47 Å². The molecule has 0 N–H and O–H groups in total. The van der Waals surface area contributed by atoms with Gasteiger partial charge in [-0.25, -0.2) is 0 Å². The Labute approximate surface area is 325 Å². The highest BCUT2D eigenvalue weighted by Gasteiger charge is 2.20. The van der Waals surface area contributed by atoms with E-state index in [1.807, 2.05) is 0 Å². The third-order valence-electron chi connectivity index (χ3n) is 11.3. The number of anilines is 3. The molecule has 1 heterocycles.